The Morgan fingerprint density at radius 3 is 2.53 bits per heavy atom. The number of hydrogen-bond donors (Lipinski definition) is 0. The second kappa shape index (κ2) is 4.73. The number of aromatic nitrogens is 3. The van der Waals surface area contributed by atoms with Crippen LogP contribution in [0.2, 0.25) is 10.0 Å². The molecule has 0 radical (unpaired) electrons. The minimum Gasteiger partial charge on any atom is -0.463 e. The highest BCUT2D eigenvalue weighted by Crippen LogP contribution is 2.21. The summed E-state index contributed by atoms with van der Waals surface area (Å²) >= 11 is 11.7. The van der Waals surface area contributed by atoms with Crippen LogP contribution in [-0.2, 0) is 4.74 Å². The molecule has 1 aromatic heterocycles. The van der Waals surface area contributed by atoms with Gasteiger partial charge in [0.2, 0.25) is 0 Å². The molecule has 0 saturated heterocycles. The number of carbonyl (C=O) groups is 1. The average molecular weight is 272 g/mol. The number of benzene rings is 1. The molecule has 0 spiro atoms. The Morgan fingerprint density at radius 1 is 1.29 bits per heavy atom. The first kappa shape index (κ1) is 11.9. The van der Waals surface area contributed by atoms with Crippen LogP contribution >= 0.6 is 23.2 Å². The van der Waals surface area contributed by atoms with Gasteiger partial charge in [-0.15, -0.1) is 5.10 Å². The van der Waals surface area contributed by atoms with Gasteiger partial charge in [-0.3, -0.25) is 0 Å². The lowest BCUT2D eigenvalue weighted by molar-refractivity contribution is 0.0587. The van der Waals surface area contributed by atoms with Crippen LogP contribution < -0.4 is 0 Å². The van der Waals surface area contributed by atoms with E-state index in [9.17, 15) is 4.79 Å². The van der Waals surface area contributed by atoms with Crippen LogP contribution in [0.3, 0.4) is 0 Å². The highest BCUT2D eigenvalue weighted by Gasteiger charge is 2.12. The van der Waals surface area contributed by atoms with Crippen molar-refractivity contribution in [2.75, 3.05) is 7.11 Å². The Kier molecular flexibility index (Phi) is 3.31. The van der Waals surface area contributed by atoms with Crippen LogP contribution in [0.5, 0.6) is 0 Å². The van der Waals surface area contributed by atoms with E-state index in [1.54, 1.807) is 18.2 Å². The van der Waals surface area contributed by atoms with Gasteiger partial charge < -0.3 is 4.74 Å². The first-order valence-electron chi connectivity index (χ1n) is 4.56. The molecule has 0 N–H and O–H groups in total. The Hall–Kier alpha value is -1.59. The lowest BCUT2D eigenvalue weighted by atomic mass is 10.3. The summed E-state index contributed by atoms with van der Waals surface area (Å²) in [6, 6.07) is 4.91. The van der Waals surface area contributed by atoms with Crippen LogP contribution in [0.15, 0.2) is 24.5 Å². The van der Waals surface area contributed by atoms with E-state index in [1.165, 1.54) is 18.1 Å². The van der Waals surface area contributed by atoms with Crippen molar-refractivity contribution in [2.45, 2.75) is 0 Å². The molecule has 88 valence electrons. The Morgan fingerprint density at radius 2 is 1.94 bits per heavy atom. The molecule has 0 amide bonds. The lowest BCUT2D eigenvalue weighted by Crippen LogP contribution is -2.05. The molecule has 0 bridgehead atoms. The summed E-state index contributed by atoms with van der Waals surface area (Å²) in [7, 11) is 1.26. The molecule has 0 fully saturated rings. The van der Waals surface area contributed by atoms with E-state index in [0.717, 1.165) is 0 Å². The minimum absolute atomic E-state index is 0.0244. The maximum atomic E-state index is 11.2. The van der Waals surface area contributed by atoms with E-state index in [2.05, 4.69) is 14.8 Å². The zero-order valence-electron chi connectivity index (χ0n) is 8.72. The standard InChI is InChI=1S/C10H7Cl2N3O2/c1-17-10(16)9-13-5-15(14-9)8-3-6(11)2-7(12)4-8/h2-5H,1H3. The van der Waals surface area contributed by atoms with Gasteiger partial charge in [0, 0.05) is 10.0 Å². The molecule has 1 heterocycles. The Labute approximate surface area is 107 Å². The molecular weight excluding hydrogens is 265 g/mol. The van der Waals surface area contributed by atoms with Gasteiger partial charge in [0.05, 0.1) is 12.8 Å². The van der Waals surface area contributed by atoms with E-state index >= 15 is 0 Å². The number of hydrogen-bond acceptors (Lipinski definition) is 4. The number of ether oxygens (including phenoxy) is 1. The van der Waals surface area contributed by atoms with Crippen LogP contribution in [0.1, 0.15) is 10.6 Å². The van der Waals surface area contributed by atoms with Crippen molar-refractivity contribution in [2.24, 2.45) is 0 Å². The predicted octanol–water partition coefficient (Wildman–Crippen LogP) is 2.36. The number of methoxy groups -OCH3 is 1. The van der Waals surface area contributed by atoms with E-state index in [4.69, 9.17) is 23.2 Å². The second-order valence-corrected chi connectivity index (χ2v) is 4.00. The third-order valence-corrected chi connectivity index (χ3v) is 2.41. The van der Waals surface area contributed by atoms with Crippen molar-refractivity contribution in [1.29, 1.82) is 0 Å². The maximum Gasteiger partial charge on any atom is 0.377 e. The fourth-order valence-corrected chi connectivity index (χ4v) is 1.76. The molecule has 0 aliphatic carbocycles. The smallest absolute Gasteiger partial charge is 0.377 e. The summed E-state index contributed by atoms with van der Waals surface area (Å²) in [5, 5.41) is 4.90. The third-order valence-electron chi connectivity index (χ3n) is 1.97. The van der Waals surface area contributed by atoms with E-state index in [1.807, 2.05) is 0 Å². The first-order chi connectivity index (χ1) is 8.10. The predicted molar refractivity (Wildman–Crippen MR) is 62.7 cm³/mol. The van der Waals surface area contributed by atoms with Crippen molar-refractivity contribution in [3.05, 3.63) is 40.4 Å². The maximum absolute atomic E-state index is 11.2. The van der Waals surface area contributed by atoms with Gasteiger partial charge in [-0.25, -0.2) is 14.5 Å². The number of halogens is 2. The normalized spacial score (nSPS) is 10.3. The molecular formula is C10H7Cl2N3O2. The molecule has 2 aromatic rings. The molecule has 2 rings (SSSR count). The number of carbonyl (C=O) groups excluding carboxylic acids is 1. The van der Waals surface area contributed by atoms with Gasteiger partial charge in [-0.2, -0.15) is 0 Å². The van der Waals surface area contributed by atoms with E-state index < -0.39 is 5.97 Å². The van der Waals surface area contributed by atoms with Gasteiger partial charge in [0.1, 0.15) is 6.33 Å². The molecule has 0 unspecified atom stereocenters. The molecule has 0 aliphatic rings. The lowest BCUT2D eigenvalue weighted by Gasteiger charge is -2.01. The largest absolute Gasteiger partial charge is 0.463 e. The van der Waals surface area contributed by atoms with Crippen LogP contribution in [0.25, 0.3) is 5.69 Å². The van der Waals surface area contributed by atoms with Crippen molar-refractivity contribution in [3.63, 3.8) is 0 Å². The van der Waals surface area contributed by atoms with Crippen LogP contribution in [0, 0.1) is 0 Å². The minimum atomic E-state index is -0.600. The van der Waals surface area contributed by atoms with Crippen LogP contribution in [0.4, 0.5) is 0 Å². The van der Waals surface area contributed by atoms with E-state index in [-0.39, 0.29) is 5.82 Å². The molecule has 5 nitrogen and oxygen atoms in total. The molecule has 17 heavy (non-hydrogen) atoms. The summed E-state index contributed by atoms with van der Waals surface area (Å²) in [6.45, 7) is 0. The molecule has 0 atom stereocenters. The highest BCUT2D eigenvalue weighted by molar-refractivity contribution is 6.34. The number of nitrogens with zero attached hydrogens (tertiary/aromatic N) is 3. The summed E-state index contributed by atoms with van der Waals surface area (Å²) in [5.74, 6) is -0.625. The Bertz CT molecular complexity index is 548. The SMILES string of the molecule is COC(=O)c1ncn(-c2cc(Cl)cc(Cl)c2)n1. The third kappa shape index (κ3) is 2.57. The molecule has 7 heteroatoms. The zero-order chi connectivity index (χ0) is 12.4. The van der Waals surface area contributed by atoms with Gasteiger partial charge >= 0.3 is 5.97 Å². The molecule has 0 aliphatic heterocycles. The average Bonchev–Trinajstić information content (AvgIpc) is 2.76. The first-order valence-corrected chi connectivity index (χ1v) is 5.32. The van der Waals surface area contributed by atoms with Gasteiger partial charge in [0.15, 0.2) is 0 Å². The van der Waals surface area contributed by atoms with Crippen molar-refractivity contribution in [3.8, 4) is 5.69 Å². The monoisotopic (exact) mass is 271 g/mol. The fraction of sp³-hybridized carbons (Fsp3) is 0.100. The van der Waals surface area contributed by atoms with Gasteiger partial charge in [-0.05, 0) is 18.2 Å². The molecule has 0 saturated carbocycles. The second-order valence-electron chi connectivity index (χ2n) is 3.13. The summed E-state index contributed by atoms with van der Waals surface area (Å²) in [6.07, 6.45) is 1.38. The van der Waals surface area contributed by atoms with Crippen LogP contribution in [-0.4, -0.2) is 27.8 Å². The summed E-state index contributed by atoms with van der Waals surface area (Å²) in [4.78, 5) is 15.0. The molecule has 1 aromatic carbocycles. The van der Waals surface area contributed by atoms with Gasteiger partial charge in [0.25, 0.3) is 5.82 Å². The van der Waals surface area contributed by atoms with Crippen molar-refractivity contribution in [1.82, 2.24) is 14.8 Å². The van der Waals surface area contributed by atoms with E-state index in [0.29, 0.717) is 15.7 Å². The van der Waals surface area contributed by atoms with Crippen molar-refractivity contribution < 1.29 is 9.53 Å². The summed E-state index contributed by atoms with van der Waals surface area (Å²) < 4.78 is 5.90. The fourth-order valence-electron chi connectivity index (χ4n) is 1.24. The van der Waals surface area contributed by atoms with Gasteiger partial charge in [-0.1, -0.05) is 23.2 Å². The highest BCUT2D eigenvalue weighted by atomic mass is 35.5. The number of rotatable bonds is 2. The number of esters is 1. The quantitative estimate of drug-likeness (QED) is 0.787. The topological polar surface area (TPSA) is 57.0 Å². The zero-order valence-corrected chi connectivity index (χ0v) is 10.2. The summed E-state index contributed by atoms with van der Waals surface area (Å²) in [5.41, 5.74) is 0.616. The van der Waals surface area contributed by atoms with Crippen molar-refractivity contribution >= 4 is 29.2 Å². The Balaban J connectivity index is 2.40.